The molecule has 0 saturated heterocycles. The van der Waals surface area contributed by atoms with Gasteiger partial charge in [-0.25, -0.2) is 0 Å². The molecule has 1 heterocycles. The molecule has 0 spiro atoms. The Kier molecular flexibility index (Phi) is 5.03. The molecule has 0 amide bonds. The Morgan fingerprint density at radius 1 is 1.07 bits per heavy atom. The first-order valence-corrected chi connectivity index (χ1v) is 10.5. The van der Waals surface area contributed by atoms with Gasteiger partial charge in [-0.15, -0.1) is 0 Å². The van der Waals surface area contributed by atoms with Crippen molar-refractivity contribution in [2.24, 2.45) is 0 Å². The lowest BCUT2D eigenvalue weighted by Crippen LogP contribution is -2.08. The molecule has 1 aliphatic rings. The van der Waals surface area contributed by atoms with Gasteiger partial charge in [0.25, 0.3) is 0 Å². The van der Waals surface area contributed by atoms with E-state index < -0.39 is 10.8 Å². The van der Waals surface area contributed by atoms with Gasteiger partial charge in [0.05, 0.1) is 22.6 Å². The van der Waals surface area contributed by atoms with E-state index >= 15 is 0 Å². The first kappa shape index (κ1) is 17.9. The number of aromatic nitrogens is 1. The zero-order chi connectivity index (χ0) is 18.8. The third kappa shape index (κ3) is 3.65. The van der Waals surface area contributed by atoms with Gasteiger partial charge in [0.15, 0.2) is 11.5 Å². The van der Waals surface area contributed by atoms with Gasteiger partial charge in [0, 0.05) is 22.1 Å². The fourth-order valence-electron chi connectivity index (χ4n) is 3.33. The molecule has 4 nitrogen and oxygen atoms in total. The number of nitrogens with zero attached hydrogens (tertiary/aromatic N) is 1. The number of rotatable bonds is 7. The lowest BCUT2D eigenvalue weighted by Gasteiger charge is -2.12. The molecule has 4 rings (SSSR count). The van der Waals surface area contributed by atoms with E-state index in [1.54, 1.807) is 0 Å². The summed E-state index contributed by atoms with van der Waals surface area (Å²) in [5.41, 5.74) is 3.13. The van der Waals surface area contributed by atoms with Gasteiger partial charge in [0.1, 0.15) is 0 Å². The van der Waals surface area contributed by atoms with Crippen LogP contribution in [0.1, 0.15) is 58.5 Å². The molecule has 1 fully saturated rings. The van der Waals surface area contributed by atoms with Gasteiger partial charge in [-0.1, -0.05) is 54.5 Å². The second-order valence-corrected chi connectivity index (χ2v) is 8.49. The zero-order valence-electron chi connectivity index (χ0n) is 15.2. The van der Waals surface area contributed by atoms with Crippen molar-refractivity contribution < 1.29 is 13.5 Å². The summed E-state index contributed by atoms with van der Waals surface area (Å²) in [6.07, 6.45) is 4.20. The van der Waals surface area contributed by atoms with E-state index in [2.05, 4.69) is 5.16 Å². The second kappa shape index (κ2) is 7.61. The Morgan fingerprint density at radius 3 is 2.52 bits per heavy atom. The summed E-state index contributed by atoms with van der Waals surface area (Å²) in [5.74, 6) is 1.56. The molecule has 1 aromatic heterocycles. The van der Waals surface area contributed by atoms with Crippen LogP contribution in [-0.2, 0) is 17.2 Å². The number of carbonyl (C=O) groups excluding carboxylic acids is 1. The largest absolute Gasteiger partial charge is 0.360 e. The van der Waals surface area contributed by atoms with Crippen molar-refractivity contribution >= 4 is 16.6 Å². The Labute approximate surface area is 161 Å². The Hall–Kier alpha value is -2.53. The SMILES string of the molecule is CCS(=O)c1ccccc1Cc1ccccc1C(=O)c1cnoc1C1CC1. The van der Waals surface area contributed by atoms with Crippen LogP contribution in [0.25, 0.3) is 0 Å². The zero-order valence-corrected chi connectivity index (χ0v) is 16.0. The molecule has 1 unspecified atom stereocenters. The van der Waals surface area contributed by atoms with Crippen molar-refractivity contribution in [2.45, 2.75) is 37.0 Å². The summed E-state index contributed by atoms with van der Waals surface area (Å²) in [5, 5.41) is 3.86. The van der Waals surface area contributed by atoms with Crippen LogP contribution in [0.15, 0.2) is 64.1 Å². The van der Waals surface area contributed by atoms with E-state index in [1.165, 1.54) is 6.20 Å². The van der Waals surface area contributed by atoms with Crippen molar-refractivity contribution in [3.63, 3.8) is 0 Å². The van der Waals surface area contributed by atoms with E-state index in [1.807, 2.05) is 55.5 Å². The van der Waals surface area contributed by atoms with Gasteiger partial charge in [0.2, 0.25) is 0 Å². The number of ketones is 1. The molecule has 1 aliphatic carbocycles. The fourth-order valence-corrected chi connectivity index (χ4v) is 4.31. The first-order valence-electron chi connectivity index (χ1n) is 9.22. The molecule has 0 bridgehead atoms. The minimum absolute atomic E-state index is 0.0529. The Morgan fingerprint density at radius 2 is 1.78 bits per heavy atom. The van der Waals surface area contributed by atoms with Gasteiger partial charge in [-0.2, -0.15) is 0 Å². The third-order valence-corrected chi connectivity index (χ3v) is 6.33. The van der Waals surface area contributed by atoms with Crippen molar-refractivity contribution in [1.82, 2.24) is 5.16 Å². The lowest BCUT2D eigenvalue weighted by atomic mass is 9.94. The molecule has 0 N–H and O–H groups in total. The van der Waals surface area contributed by atoms with Crippen LogP contribution in [0.3, 0.4) is 0 Å². The van der Waals surface area contributed by atoms with E-state index in [0.717, 1.165) is 28.9 Å². The highest BCUT2D eigenvalue weighted by Gasteiger charge is 2.33. The van der Waals surface area contributed by atoms with E-state index in [4.69, 9.17) is 4.52 Å². The highest BCUT2D eigenvalue weighted by atomic mass is 32.2. The summed E-state index contributed by atoms with van der Waals surface area (Å²) in [4.78, 5) is 14.0. The molecular weight excluding hydrogens is 358 g/mol. The average Bonchev–Trinajstić information content (AvgIpc) is 3.44. The standard InChI is InChI=1S/C22H21NO3S/c1-2-27(25)20-10-6-4-8-17(20)13-16-7-3-5-9-18(16)21(24)19-14-23-26-22(19)15-11-12-15/h3-10,14-15H,2,11-13H2,1H3. The van der Waals surface area contributed by atoms with Crippen LogP contribution in [0.2, 0.25) is 0 Å². The minimum atomic E-state index is -1.03. The summed E-state index contributed by atoms with van der Waals surface area (Å²) in [6, 6.07) is 15.4. The normalized spacial score (nSPS) is 14.9. The lowest BCUT2D eigenvalue weighted by molar-refractivity contribution is 0.103. The third-order valence-electron chi connectivity index (χ3n) is 4.91. The molecule has 2 aromatic carbocycles. The number of benzene rings is 2. The summed E-state index contributed by atoms with van der Waals surface area (Å²) >= 11 is 0. The maximum Gasteiger partial charge on any atom is 0.198 e. The molecule has 1 saturated carbocycles. The minimum Gasteiger partial charge on any atom is -0.360 e. The monoisotopic (exact) mass is 379 g/mol. The first-order chi connectivity index (χ1) is 13.2. The molecule has 0 radical (unpaired) electrons. The van der Waals surface area contributed by atoms with Crippen LogP contribution in [0, 0.1) is 0 Å². The van der Waals surface area contributed by atoms with Crippen LogP contribution in [0.5, 0.6) is 0 Å². The maximum atomic E-state index is 13.2. The van der Waals surface area contributed by atoms with Gasteiger partial charge in [-0.3, -0.25) is 9.00 Å². The topological polar surface area (TPSA) is 60.2 Å². The number of hydrogen-bond donors (Lipinski definition) is 0. The van der Waals surface area contributed by atoms with E-state index in [-0.39, 0.29) is 5.78 Å². The molecular formula is C22H21NO3S. The van der Waals surface area contributed by atoms with Crippen molar-refractivity contribution in [3.05, 3.63) is 82.7 Å². The van der Waals surface area contributed by atoms with Gasteiger partial charge in [-0.05, 0) is 36.5 Å². The van der Waals surface area contributed by atoms with Crippen molar-refractivity contribution in [2.75, 3.05) is 5.75 Å². The van der Waals surface area contributed by atoms with E-state index in [9.17, 15) is 9.00 Å². The molecule has 3 aromatic rings. The quantitative estimate of drug-likeness (QED) is 0.567. The summed E-state index contributed by atoms with van der Waals surface area (Å²) in [7, 11) is -1.03. The van der Waals surface area contributed by atoms with Crippen LogP contribution < -0.4 is 0 Å². The number of hydrogen-bond acceptors (Lipinski definition) is 4. The van der Waals surface area contributed by atoms with Crippen molar-refractivity contribution in [3.8, 4) is 0 Å². The van der Waals surface area contributed by atoms with E-state index in [0.29, 0.717) is 35.0 Å². The highest BCUT2D eigenvalue weighted by Crippen LogP contribution is 2.42. The summed E-state index contributed by atoms with van der Waals surface area (Å²) in [6.45, 7) is 1.91. The molecule has 1 atom stereocenters. The summed E-state index contributed by atoms with van der Waals surface area (Å²) < 4.78 is 17.7. The van der Waals surface area contributed by atoms with Crippen LogP contribution in [0.4, 0.5) is 0 Å². The average molecular weight is 379 g/mol. The molecule has 138 valence electrons. The van der Waals surface area contributed by atoms with Crippen LogP contribution in [-0.4, -0.2) is 20.9 Å². The van der Waals surface area contributed by atoms with Crippen molar-refractivity contribution in [1.29, 1.82) is 0 Å². The maximum absolute atomic E-state index is 13.2. The fraction of sp³-hybridized carbons (Fsp3) is 0.273. The van der Waals surface area contributed by atoms with Gasteiger partial charge >= 0.3 is 0 Å². The van der Waals surface area contributed by atoms with Crippen LogP contribution >= 0.6 is 0 Å². The highest BCUT2D eigenvalue weighted by molar-refractivity contribution is 7.85. The smallest absolute Gasteiger partial charge is 0.198 e. The Bertz CT molecular complexity index is 1000. The Balaban J connectivity index is 1.69. The molecule has 5 heteroatoms. The predicted molar refractivity (Wildman–Crippen MR) is 105 cm³/mol. The predicted octanol–water partition coefficient (Wildman–Crippen LogP) is 4.50. The van der Waals surface area contributed by atoms with Gasteiger partial charge < -0.3 is 4.52 Å². The second-order valence-electron chi connectivity index (χ2n) is 6.78. The molecule has 27 heavy (non-hydrogen) atoms. The molecule has 0 aliphatic heterocycles. The number of carbonyl (C=O) groups is 1.